The first-order valence-corrected chi connectivity index (χ1v) is 6.27. The van der Waals surface area contributed by atoms with E-state index < -0.39 is 0 Å². The average molecular weight is 226 g/mol. The fourth-order valence-corrected chi connectivity index (χ4v) is 2.81. The molecule has 0 spiro atoms. The molecule has 2 heterocycles. The first kappa shape index (κ1) is 11.9. The highest BCUT2D eigenvalue weighted by Crippen LogP contribution is 2.29. The normalized spacial score (nSPS) is 27.6. The van der Waals surface area contributed by atoms with Gasteiger partial charge in [0, 0.05) is 37.9 Å². The maximum Gasteiger partial charge on any atom is 0.207 e. The Labute approximate surface area is 97.3 Å². The third kappa shape index (κ3) is 2.55. The van der Waals surface area contributed by atoms with Crippen LogP contribution in [0.3, 0.4) is 0 Å². The van der Waals surface area contributed by atoms with Crippen molar-refractivity contribution in [3.8, 4) is 0 Å². The van der Waals surface area contributed by atoms with Crippen molar-refractivity contribution in [1.82, 2.24) is 10.2 Å². The van der Waals surface area contributed by atoms with E-state index in [1.165, 1.54) is 0 Å². The molecule has 2 saturated heterocycles. The first-order valence-electron chi connectivity index (χ1n) is 6.27. The highest BCUT2D eigenvalue weighted by molar-refractivity contribution is 5.46. The zero-order valence-electron chi connectivity index (χ0n) is 10.1. The number of carbonyl (C=O) groups excluding carboxylic acids is 1. The molecule has 0 aliphatic carbocycles. The van der Waals surface area contributed by atoms with Gasteiger partial charge < -0.3 is 10.1 Å². The molecule has 16 heavy (non-hydrogen) atoms. The Morgan fingerprint density at radius 2 is 1.94 bits per heavy atom. The van der Waals surface area contributed by atoms with Gasteiger partial charge in [0.2, 0.25) is 6.41 Å². The van der Waals surface area contributed by atoms with Gasteiger partial charge in [-0.15, -0.1) is 0 Å². The summed E-state index contributed by atoms with van der Waals surface area (Å²) >= 11 is 0. The Balaban J connectivity index is 1.85. The summed E-state index contributed by atoms with van der Waals surface area (Å²) in [5, 5.41) is 2.89. The second kappa shape index (κ2) is 5.15. The SMILES string of the molecule is CC1(N2CCC(NC=O)CC2)CCOCC1. The fourth-order valence-electron chi connectivity index (χ4n) is 2.81. The van der Waals surface area contributed by atoms with Gasteiger partial charge in [-0.05, 0) is 32.6 Å². The number of likely N-dealkylation sites (tertiary alicyclic amines) is 1. The van der Waals surface area contributed by atoms with Gasteiger partial charge >= 0.3 is 0 Å². The largest absolute Gasteiger partial charge is 0.381 e. The van der Waals surface area contributed by atoms with E-state index in [1.54, 1.807) is 0 Å². The Kier molecular flexibility index (Phi) is 3.82. The van der Waals surface area contributed by atoms with Crippen molar-refractivity contribution < 1.29 is 9.53 Å². The van der Waals surface area contributed by atoms with Crippen LogP contribution in [-0.2, 0) is 9.53 Å². The molecular weight excluding hydrogens is 204 g/mol. The van der Waals surface area contributed by atoms with Gasteiger partial charge in [0.1, 0.15) is 0 Å². The molecule has 2 rings (SSSR count). The van der Waals surface area contributed by atoms with Crippen LogP contribution in [0.2, 0.25) is 0 Å². The minimum atomic E-state index is 0.324. The van der Waals surface area contributed by atoms with Crippen molar-refractivity contribution in [3.63, 3.8) is 0 Å². The highest BCUT2D eigenvalue weighted by atomic mass is 16.5. The van der Waals surface area contributed by atoms with E-state index >= 15 is 0 Å². The topological polar surface area (TPSA) is 41.6 Å². The molecular formula is C12H22N2O2. The smallest absolute Gasteiger partial charge is 0.207 e. The second-order valence-corrected chi connectivity index (χ2v) is 5.16. The summed E-state index contributed by atoms with van der Waals surface area (Å²) in [5.41, 5.74) is 0.324. The van der Waals surface area contributed by atoms with Gasteiger partial charge in [-0.3, -0.25) is 9.69 Å². The van der Waals surface area contributed by atoms with Gasteiger partial charge in [0.05, 0.1) is 0 Å². The van der Waals surface area contributed by atoms with E-state index in [0.29, 0.717) is 11.6 Å². The van der Waals surface area contributed by atoms with Crippen molar-refractivity contribution in [2.45, 2.75) is 44.2 Å². The summed E-state index contributed by atoms with van der Waals surface area (Å²) in [6.07, 6.45) is 5.26. The molecule has 2 aliphatic rings. The minimum Gasteiger partial charge on any atom is -0.381 e. The van der Waals surface area contributed by atoms with Crippen LogP contribution in [0.1, 0.15) is 32.6 Å². The molecule has 2 fully saturated rings. The first-order chi connectivity index (χ1) is 7.74. The molecule has 1 N–H and O–H groups in total. The average Bonchev–Trinajstić information content (AvgIpc) is 2.31. The molecule has 0 atom stereocenters. The third-order valence-electron chi connectivity index (χ3n) is 4.13. The number of hydrogen-bond donors (Lipinski definition) is 1. The van der Waals surface area contributed by atoms with Crippen molar-refractivity contribution in [1.29, 1.82) is 0 Å². The molecule has 0 bridgehead atoms. The Bertz CT molecular complexity index is 231. The van der Waals surface area contributed by atoms with E-state index in [0.717, 1.165) is 58.4 Å². The quantitative estimate of drug-likeness (QED) is 0.723. The van der Waals surface area contributed by atoms with Crippen LogP contribution < -0.4 is 5.32 Å². The van der Waals surface area contributed by atoms with Crippen LogP contribution in [0, 0.1) is 0 Å². The summed E-state index contributed by atoms with van der Waals surface area (Å²) in [4.78, 5) is 13.0. The molecule has 0 saturated carbocycles. The van der Waals surface area contributed by atoms with Crippen LogP contribution in [0.4, 0.5) is 0 Å². The monoisotopic (exact) mass is 226 g/mol. The van der Waals surface area contributed by atoms with Gasteiger partial charge in [-0.25, -0.2) is 0 Å². The molecule has 0 unspecified atom stereocenters. The van der Waals surface area contributed by atoms with Crippen LogP contribution >= 0.6 is 0 Å². The molecule has 0 aromatic heterocycles. The number of nitrogens with one attached hydrogen (secondary N) is 1. The van der Waals surface area contributed by atoms with Gasteiger partial charge in [0.25, 0.3) is 0 Å². The maximum absolute atomic E-state index is 10.4. The number of piperidine rings is 1. The standard InChI is InChI=1S/C12H22N2O2/c1-12(4-8-16-9-5-12)14-6-2-11(3-7-14)13-10-15/h10-11H,2-9H2,1H3,(H,13,15). The van der Waals surface area contributed by atoms with E-state index in [2.05, 4.69) is 17.1 Å². The van der Waals surface area contributed by atoms with E-state index in [9.17, 15) is 4.79 Å². The van der Waals surface area contributed by atoms with Crippen molar-refractivity contribution in [2.75, 3.05) is 26.3 Å². The minimum absolute atomic E-state index is 0.324. The second-order valence-electron chi connectivity index (χ2n) is 5.16. The van der Waals surface area contributed by atoms with Crippen LogP contribution in [0.15, 0.2) is 0 Å². The molecule has 1 amide bonds. The fraction of sp³-hybridized carbons (Fsp3) is 0.917. The predicted molar refractivity (Wildman–Crippen MR) is 62.3 cm³/mol. The third-order valence-corrected chi connectivity index (χ3v) is 4.13. The summed E-state index contributed by atoms with van der Waals surface area (Å²) < 4.78 is 5.43. The zero-order valence-corrected chi connectivity index (χ0v) is 10.1. The Morgan fingerprint density at radius 3 is 2.50 bits per heavy atom. The highest BCUT2D eigenvalue weighted by Gasteiger charge is 2.35. The van der Waals surface area contributed by atoms with Crippen molar-refractivity contribution >= 4 is 6.41 Å². The van der Waals surface area contributed by atoms with E-state index in [4.69, 9.17) is 4.74 Å². The lowest BCUT2D eigenvalue weighted by Gasteiger charge is -2.47. The summed E-state index contributed by atoms with van der Waals surface area (Å²) in [5.74, 6) is 0. The number of rotatable bonds is 3. The number of ether oxygens (including phenoxy) is 1. The Hall–Kier alpha value is -0.610. The lowest BCUT2D eigenvalue weighted by atomic mass is 9.88. The lowest BCUT2D eigenvalue weighted by Crippen LogP contribution is -2.54. The summed E-state index contributed by atoms with van der Waals surface area (Å²) in [7, 11) is 0. The predicted octanol–water partition coefficient (Wildman–Crippen LogP) is 0.766. The number of nitrogens with zero attached hydrogens (tertiary/aromatic N) is 1. The molecule has 0 aromatic rings. The summed E-state index contributed by atoms with van der Waals surface area (Å²) in [6.45, 7) is 6.33. The molecule has 4 heteroatoms. The molecule has 0 aromatic carbocycles. The lowest BCUT2D eigenvalue weighted by molar-refractivity contribution is -0.110. The van der Waals surface area contributed by atoms with Gasteiger partial charge in [-0.2, -0.15) is 0 Å². The van der Waals surface area contributed by atoms with Crippen LogP contribution in [0.5, 0.6) is 0 Å². The molecule has 92 valence electrons. The van der Waals surface area contributed by atoms with Crippen molar-refractivity contribution in [3.05, 3.63) is 0 Å². The maximum atomic E-state index is 10.4. The Morgan fingerprint density at radius 1 is 1.31 bits per heavy atom. The van der Waals surface area contributed by atoms with Gasteiger partial charge in [0.15, 0.2) is 0 Å². The van der Waals surface area contributed by atoms with Crippen LogP contribution in [-0.4, -0.2) is 49.2 Å². The molecule has 4 nitrogen and oxygen atoms in total. The number of carbonyl (C=O) groups is 1. The summed E-state index contributed by atoms with van der Waals surface area (Å²) in [6, 6.07) is 0.386. The molecule has 0 radical (unpaired) electrons. The van der Waals surface area contributed by atoms with Crippen LogP contribution in [0.25, 0.3) is 0 Å². The molecule has 2 aliphatic heterocycles. The van der Waals surface area contributed by atoms with E-state index in [-0.39, 0.29) is 0 Å². The number of hydrogen-bond acceptors (Lipinski definition) is 3. The number of amides is 1. The van der Waals surface area contributed by atoms with Gasteiger partial charge in [-0.1, -0.05) is 0 Å². The van der Waals surface area contributed by atoms with Crippen molar-refractivity contribution in [2.24, 2.45) is 0 Å². The van der Waals surface area contributed by atoms with E-state index in [1.807, 2.05) is 0 Å². The zero-order chi connectivity index (χ0) is 11.4.